The second kappa shape index (κ2) is 6.75. The minimum atomic E-state index is 0.436. The van der Waals surface area contributed by atoms with E-state index in [4.69, 9.17) is 0 Å². The molecule has 24 heavy (non-hydrogen) atoms. The van der Waals surface area contributed by atoms with E-state index >= 15 is 0 Å². The van der Waals surface area contributed by atoms with Crippen molar-refractivity contribution < 1.29 is 4.79 Å². The molecular formula is C19H29N3OS. The Hall–Kier alpha value is -0.940. The summed E-state index contributed by atoms with van der Waals surface area (Å²) in [6, 6.07) is 0.986. The van der Waals surface area contributed by atoms with Crippen LogP contribution in [0.4, 0.5) is 0 Å². The van der Waals surface area contributed by atoms with Crippen molar-refractivity contribution in [3.63, 3.8) is 0 Å². The zero-order chi connectivity index (χ0) is 16.7. The number of carbonyl (C=O) groups excluding carboxylic acids is 1. The third-order valence-electron chi connectivity index (χ3n) is 6.21. The molecule has 0 spiro atoms. The Morgan fingerprint density at radius 2 is 2.17 bits per heavy atom. The average Bonchev–Trinajstić information content (AvgIpc) is 2.96. The molecule has 4 rings (SSSR count). The van der Waals surface area contributed by atoms with Crippen LogP contribution in [0.2, 0.25) is 0 Å². The Morgan fingerprint density at radius 1 is 1.33 bits per heavy atom. The SMILES string of the molecule is CCC[C@H]1[C@H]2C[C@H](CN(Cc3cnc(C)s3)C2)[C@@H]2CCCC(=O)N21. The third-order valence-corrected chi connectivity index (χ3v) is 7.10. The van der Waals surface area contributed by atoms with Gasteiger partial charge >= 0.3 is 0 Å². The standard InChI is InChI=1S/C19H29N3OS/c1-3-5-17-14-8-15(18-6-4-7-19(23)22(17)18)11-21(10-14)12-16-9-20-13(2)24-16/h9,14-15,17-18H,3-8,10-12H2,1-2H3/t14-,15+,17-,18-/m0/s1. The van der Waals surface area contributed by atoms with Gasteiger partial charge in [0.25, 0.3) is 0 Å². The van der Waals surface area contributed by atoms with E-state index in [9.17, 15) is 4.79 Å². The Balaban J connectivity index is 1.54. The van der Waals surface area contributed by atoms with Gasteiger partial charge in [0.1, 0.15) is 0 Å². The van der Waals surface area contributed by atoms with Gasteiger partial charge in [-0.15, -0.1) is 11.3 Å². The van der Waals surface area contributed by atoms with Gasteiger partial charge in [-0.1, -0.05) is 13.3 Å². The normalized spacial score (nSPS) is 33.6. The van der Waals surface area contributed by atoms with Gasteiger partial charge in [0.15, 0.2) is 0 Å². The molecule has 132 valence electrons. The van der Waals surface area contributed by atoms with Crippen LogP contribution in [0.25, 0.3) is 0 Å². The van der Waals surface area contributed by atoms with Gasteiger partial charge in [-0.05, 0) is 44.4 Å². The minimum absolute atomic E-state index is 0.436. The minimum Gasteiger partial charge on any atom is -0.336 e. The van der Waals surface area contributed by atoms with E-state index in [1.54, 1.807) is 0 Å². The zero-order valence-electron chi connectivity index (χ0n) is 14.9. The van der Waals surface area contributed by atoms with Crippen molar-refractivity contribution in [1.29, 1.82) is 0 Å². The summed E-state index contributed by atoms with van der Waals surface area (Å²) in [5.74, 6) is 1.78. The van der Waals surface area contributed by atoms with E-state index in [0.717, 1.165) is 37.5 Å². The molecule has 3 aliphatic heterocycles. The number of hydrogen-bond donors (Lipinski definition) is 0. The fourth-order valence-corrected chi connectivity index (χ4v) is 6.21. The van der Waals surface area contributed by atoms with Crippen molar-refractivity contribution in [2.45, 2.75) is 71.0 Å². The van der Waals surface area contributed by atoms with Gasteiger partial charge < -0.3 is 4.90 Å². The van der Waals surface area contributed by atoms with Crippen LogP contribution in [-0.4, -0.2) is 45.9 Å². The molecule has 0 aliphatic carbocycles. The number of thiazole rings is 1. The Labute approximate surface area is 149 Å². The highest BCUT2D eigenvalue weighted by molar-refractivity contribution is 7.11. The molecule has 4 atom stereocenters. The molecular weight excluding hydrogens is 318 g/mol. The number of likely N-dealkylation sites (tertiary alicyclic amines) is 1. The predicted octanol–water partition coefficient (Wildman–Crippen LogP) is 3.45. The number of fused-ring (bicyclic) bond motifs is 4. The largest absolute Gasteiger partial charge is 0.336 e. The molecule has 0 unspecified atom stereocenters. The molecule has 5 heteroatoms. The highest BCUT2D eigenvalue weighted by Crippen LogP contribution is 2.43. The van der Waals surface area contributed by atoms with Crippen LogP contribution in [-0.2, 0) is 11.3 Å². The van der Waals surface area contributed by atoms with E-state index in [2.05, 4.69) is 28.6 Å². The quantitative estimate of drug-likeness (QED) is 0.837. The van der Waals surface area contributed by atoms with Gasteiger partial charge in [-0.2, -0.15) is 0 Å². The fraction of sp³-hybridized carbons (Fsp3) is 0.789. The highest BCUT2D eigenvalue weighted by atomic mass is 32.1. The molecule has 4 nitrogen and oxygen atoms in total. The molecule has 1 amide bonds. The molecule has 0 N–H and O–H groups in total. The van der Waals surface area contributed by atoms with Crippen molar-refractivity contribution >= 4 is 17.2 Å². The Kier molecular flexibility index (Phi) is 4.65. The van der Waals surface area contributed by atoms with Crippen molar-refractivity contribution in [2.75, 3.05) is 13.1 Å². The van der Waals surface area contributed by atoms with Gasteiger partial charge in [-0.3, -0.25) is 9.69 Å². The second-order valence-electron chi connectivity index (χ2n) is 7.91. The smallest absolute Gasteiger partial charge is 0.223 e. The summed E-state index contributed by atoms with van der Waals surface area (Å²) in [5.41, 5.74) is 0. The molecule has 3 saturated heterocycles. The number of rotatable bonds is 4. The van der Waals surface area contributed by atoms with Gasteiger partial charge in [-0.25, -0.2) is 4.98 Å². The van der Waals surface area contributed by atoms with Crippen LogP contribution in [0.1, 0.15) is 55.3 Å². The van der Waals surface area contributed by atoms with Gasteiger partial charge in [0.2, 0.25) is 5.91 Å². The molecule has 1 aromatic rings. The molecule has 4 heterocycles. The number of amides is 1. The van der Waals surface area contributed by atoms with Crippen molar-refractivity contribution in [3.05, 3.63) is 16.1 Å². The lowest BCUT2D eigenvalue weighted by Gasteiger charge is -2.56. The van der Waals surface area contributed by atoms with Crippen LogP contribution in [0.15, 0.2) is 6.20 Å². The maximum atomic E-state index is 12.6. The maximum Gasteiger partial charge on any atom is 0.223 e. The maximum absolute atomic E-state index is 12.6. The van der Waals surface area contributed by atoms with Crippen molar-refractivity contribution in [1.82, 2.24) is 14.8 Å². The van der Waals surface area contributed by atoms with E-state index in [0.29, 0.717) is 29.8 Å². The lowest BCUT2D eigenvalue weighted by atomic mass is 9.71. The van der Waals surface area contributed by atoms with Crippen LogP contribution in [0.3, 0.4) is 0 Å². The number of piperidine rings is 3. The van der Waals surface area contributed by atoms with E-state index in [1.807, 2.05) is 17.5 Å². The number of nitrogens with zero attached hydrogens (tertiary/aromatic N) is 3. The summed E-state index contributed by atoms with van der Waals surface area (Å²) >= 11 is 1.83. The average molecular weight is 348 g/mol. The number of hydrogen-bond acceptors (Lipinski definition) is 4. The third kappa shape index (κ3) is 3.01. The molecule has 0 saturated carbocycles. The topological polar surface area (TPSA) is 36.4 Å². The van der Waals surface area contributed by atoms with Crippen LogP contribution in [0, 0.1) is 18.8 Å². The molecule has 2 bridgehead atoms. The lowest BCUT2D eigenvalue weighted by molar-refractivity contribution is -0.153. The monoisotopic (exact) mass is 347 g/mol. The summed E-state index contributed by atoms with van der Waals surface area (Å²) in [6.45, 7) is 7.69. The van der Waals surface area contributed by atoms with Gasteiger partial charge in [0, 0.05) is 49.2 Å². The fourth-order valence-electron chi connectivity index (χ4n) is 5.37. The van der Waals surface area contributed by atoms with Crippen molar-refractivity contribution in [2.24, 2.45) is 11.8 Å². The summed E-state index contributed by atoms with van der Waals surface area (Å²) < 4.78 is 0. The first-order chi connectivity index (χ1) is 11.7. The molecule has 1 aromatic heterocycles. The van der Waals surface area contributed by atoms with Crippen LogP contribution in [0.5, 0.6) is 0 Å². The van der Waals surface area contributed by atoms with E-state index in [1.165, 1.54) is 30.6 Å². The van der Waals surface area contributed by atoms with Crippen LogP contribution >= 0.6 is 11.3 Å². The summed E-state index contributed by atoms with van der Waals surface area (Å²) in [5, 5.41) is 1.16. The van der Waals surface area contributed by atoms with Crippen LogP contribution < -0.4 is 0 Å². The van der Waals surface area contributed by atoms with E-state index < -0.39 is 0 Å². The first-order valence-corrected chi connectivity index (χ1v) is 10.4. The number of aryl methyl sites for hydroxylation is 1. The highest BCUT2D eigenvalue weighted by Gasteiger charge is 2.48. The zero-order valence-corrected chi connectivity index (χ0v) is 15.7. The number of carbonyl (C=O) groups is 1. The summed E-state index contributed by atoms with van der Waals surface area (Å²) in [4.78, 5) is 23.4. The summed E-state index contributed by atoms with van der Waals surface area (Å²) in [7, 11) is 0. The first-order valence-electron chi connectivity index (χ1n) is 9.60. The predicted molar refractivity (Wildman–Crippen MR) is 96.9 cm³/mol. The Morgan fingerprint density at radius 3 is 2.92 bits per heavy atom. The number of aromatic nitrogens is 1. The molecule has 3 fully saturated rings. The van der Waals surface area contributed by atoms with Gasteiger partial charge in [0.05, 0.1) is 5.01 Å². The Bertz CT molecular complexity index is 601. The summed E-state index contributed by atoms with van der Waals surface area (Å²) in [6.07, 6.45) is 8.82. The molecule has 0 radical (unpaired) electrons. The first kappa shape index (κ1) is 16.5. The molecule has 0 aromatic carbocycles. The molecule has 3 aliphatic rings. The lowest BCUT2D eigenvalue weighted by Crippen LogP contribution is -2.64. The van der Waals surface area contributed by atoms with Crippen molar-refractivity contribution in [3.8, 4) is 0 Å². The van der Waals surface area contributed by atoms with E-state index in [-0.39, 0.29) is 0 Å². The second-order valence-corrected chi connectivity index (χ2v) is 9.23.